The lowest BCUT2D eigenvalue weighted by molar-refractivity contribution is 0.0712. The van der Waals surface area contributed by atoms with E-state index < -0.39 is 11.6 Å². The van der Waals surface area contributed by atoms with Gasteiger partial charge in [-0.2, -0.15) is 0 Å². The van der Waals surface area contributed by atoms with Crippen LogP contribution in [-0.2, 0) is 0 Å². The Morgan fingerprint density at radius 3 is 2.35 bits per heavy atom. The SMILES string of the molecule is Cc1cc(C(O)C(NC(C)(C)CO)C(C)C)ccc1F. The lowest BCUT2D eigenvalue weighted by Crippen LogP contribution is -2.52. The number of halogens is 1. The average molecular weight is 283 g/mol. The molecule has 0 aromatic heterocycles. The van der Waals surface area contributed by atoms with Crippen molar-refractivity contribution in [3.63, 3.8) is 0 Å². The van der Waals surface area contributed by atoms with Gasteiger partial charge in [-0.1, -0.05) is 26.0 Å². The van der Waals surface area contributed by atoms with Gasteiger partial charge in [0.05, 0.1) is 12.7 Å². The zero-order valence-electron chi connectivity index (χ0n) is 12.9. The number of benzene rings is 1. The maximum absolute atomic E-state index is 13.3. The van der Waals surface area contributed by atoms with E-state index in [4.69, 9.17) is 0 Å². The summed E-state index contributed by atoms with van der Waals surface area (Å²) in [5.41, 5.74) is 0.722. The van der Waals surface area contributed by atoms with E-state index in [-0.39, 0.29) is 24.4 Å². The minimum absolute atomic E-state index is 0.0224. The molecule has 0 bridgehead atoms. The summed E-state index contributed by atoms with van der Waals surface area (Å²) >= 11 is 0. The molecule has 2 atom stereocenters. The van der Waals surface area contributed by atoms with E-state index in [1.165, 1.54) is 6.07 Å². The summed E-state index contributed by atoms with van der Waals surface area (Å²) in [5, 5.41) is 23.2. The molecule has 114 valence electrons. The molecule has 3 N–H and O–H groups in total. The van der Waals surface area contributed by atoms with Gasteiger partial charge in [0, 0.05) is 11.6 Å². The third kappa shape index (κ3) is 4.27. The molecule has 0 saturated heterocycles. The zero-order valence-corrected chi connectivity index (χ0v) is 12.9. The summed E-state index contributed by atoms with van der Waals surface area (Å²) in [4.78, 5) is 0. The van der Waals surface area contributed by atoms with Crippen molar-refractivity contribution in [2.45, 2.75) is 52.3 Å². The molecule has 0 radical (unpaired) electrons. The Hall–Kier alpha value is -0.970. The lowest BCUT2D eigenvalue weighted by Gasteiger charge is -2.35. The second kappa shape index (κ2) is 6.66. The second-order valence-electron chi connectivity index (χ2n) is 6.41. The molecular formula is C16H26FNO2. The van der Waals surface area contributed by atoms with Crippen LogP contribution in [0.2, 0.25) is 0 Å². The van der Waals surface area contributed by atoms with Gasteiger partial charge in [0.15, 0.2) is 0 Å². The van der Waals surface area contributed by atoms with Crippen molar-refractivity contribution in [2.75, 3.05) is 6.61 Å². The van der Waals surface area contributed by atoms with Crippen molar-refractivity contribution < 1.29 is 14.6 Å². The highest BCUT2D eigenvalue weighted by Gasteiger charge is 2.29. The molecular weight excluding hydrogens is 257 g/mol. The molecule has 0 aliphatic rings. The molecule has 0 fully saturated rings. The first kappa shape index (κ1) is 17.1. The number of nitrogens with one attached hydrogen (secondary N) is 1. The van der Waals surface area contributed by atoms with E-state index in [1.54, 1.807) is 19.1 Å². The topological polar surface area (TPSA) is 52.5 Å². The summed E-state index contributed by atoms with van der Waals surface area (Å²) < 4.78 is 13.3. The minimum atomic E-state index is -0.750. The van der Waals surface area contributed by atoms with Gasteiger partial charge in [0.2, 0.25) is 0 Å². The summed E-state index contributed by atoms with van der Waals surface area (Å²) in [6.45, 7) is 9.43. The van der Waals surface area contributed by atoms with Gasteiger partial charge in [0.25, 0.3) is 0 Å². The van der Waals surface area contributed by atoms with Gasteiger partial charge >= 0.3 is 0 Å². The van der Waals surface area contributed by atoms with E-state index in [0.717, 1.165) is 0 Å². The number of aryl methyl sites for hydroxylation is 1. The third-order valence-corrected chi connectivity index (χ3v) is 3.53. The third-order valence-electron chi connectivity index (χ3n) is 3.53. The maximum Gasteiger partial charge on any atom is 0.126 e. The van der Waals surface area contributed by atoms with Crippen LogP contribution in [-0.4, -0.2) is 28.4 Å². The first-order valence-corrected chi connectivity index (χ1v) is 7.00. The van der Waals surface area contributed by atoms with Crippen molar-refractivity contribution in [1.29, 1.82) is 0 Å². The van der Waals surface area contributed by atoms with Crippen molar-refractivity contribution in [1.82, 2.24) is 5.32 Å². The highest BCUT2D eigenvalue weighted by atomic mass is 19.1. The van der Waals surface area contributed by atoms with Gasteiger partial charge < -0.3 is 15.5 Å². The Bertz CT molecular complexity index is 446. The van der Waals surface area contributed by atoms with Crippen LogP contribution in [0.3, 0.4) is 0 Å². The fraction of sp³-hybridized carbons (Fsp3) is 0.625. The number of rotatable bonds is 6. The van der Waals surface area contributed by atoms with E-state index in [9.17, 15) is 14.6 Å². The summed E-state index contributed by atoms with van der Waals surface area (Å²) in [6.07, 6.45) is -0.750. The molecule has 2 unspecified atom stereocenters. The minimum Gasteiger partial charge on any atom is -0.394 e. The van der Waals surface area contributed by atoms with Crippen molar-refractivity contribution in [3.05, 3.63) is 35.1 Å². The molecule has 0 aliphatic heterocycles. The summed E-state index contributed by atoms with van der Waals surface area (Å²) in [5.74, 6) is -0.105. The molecule has 0 saturated carbocycles. The Morgan fingerprint density at radius 1 is 1.30 bits per heavy atom. The zero-order chi connectivity index (χ0) is 15.5. The monoisotopic (exact) mass is 283 g/mol. The van der Waals surface area contributed by atoms with Crippen LogP contribution in [0.1, 0.15) is 44.9 Å². The Kier molecular flexibility index (Phi) is 5.68. The van der Waals surface area contributed by atoms with Gasteiger partial charge in [-0.05, 0) is 43.9 Å². The van der Waals surface area contributed by atoms with Crippen LogP contribution in [0.15, 0.2) is 18.2 Å². The highest BCUT2D eigenvalue weighted by molar-refractivity contribution is 5.26. The van der Waals surface area contributed by atoms with Crippen molar-refractivity contribution in [3.8, 4) is 0 Å². The smallest absolute Gasteiger partial charge is 0.126 e. The van der Waals surface area contributed by atoms with Crippen LogP contribution < -0.4 is 5.32 Å². The Labute approximate surface area is 120 Å². The molecule has 20 heavy (non-hydrogen) atoms. The van der Waals surface area contributed by atoms with E-state index in [0.29, 0.717) is 11.1 Å². The Morgan fingerprint density at radius 2 is 1.90 bits per heavy atom. The number of hydrogen-bond donors (Lipinski definition) is 3. The van der Waals surface area contributed by atoms with Crippen LogP contribution in [0.4, 0.5) is 4.39 Å². The van der Waals surface area contributed by atoms with Crippen LogP contribution in [0.25, 0.3) is 0 Å². The average Bonchev–Trinajstić information content (AvgIpc) is 2.38. The summed E-state index contributed by atoms with van der Waals surface area (Å²) in [7, 11) is 0. The molecule has 4 heteroatoms. The normalized spacial score (nSPS) is 15.4. The molecule has 1 aromatic rings. The lowest BCUT2D eigenvalue weighted by atomic mass is 9.90. The second-order valence-corrected chi connectivity index (χ2v) is 6.41. The highest BCUT2D eigenvalue weighted by Crippen LogP contribution is 2.25. The summed E-state index contributed by atoms with van der Waals surface area (Å²) in [6, 6.07) is 4.43. The van der Waals surface area contributed by atoms with Gasteiger partial charge in [-0.3, -0.25) is 0 Å². The van der Waals surface area contributed by atoms with Crippen molar-refractivity contribution in [2.24, 2.45) is 5.92 Å². The predicted molar refractivity (Wildman–Crippen MR) is 79.0 cm³/mol. The molecule has 0 spiro atoms. The van der Waals surface area contributed by atoms with Crippen molar-refractivity contribution >= 4 is 0 Å². The molecule has 0 amide bonds. The number of aliphatic hydroxyl groups is 2. The van der Waals surface area contributed by atoms with E-state index in [1.807, 2.05) is 27.7 Å². The molecule has 0 heterocycles. The van der Waals surface area contributed by atoms with E-state index >= 15 is 0 Å². The Balaban J connectivity index is 2.99. The van der Waals surface area contributed by atoms with Gasteiger partial charge in [-0.15, -0.1) is 0 Å². The van der Waals surface area contributed by atoms with Crippen LogP contribution in [0, 0.1) is 18.7 Å². The number of hydrogen-bond acceptors (Lipinski definition) is 3. The fourth-order valence-electron chi connectivity index (χ4n) is 2.17. The van der Waals surface area contributed by atoms with Crippen LogP contribution in [0.5, 0.6) is 0 Å². The molecule has 1 aromatic carbocycles. The molecule has 1 rings (SSSR count). The first-order valence-electron chi connectivity index (χ1n) is 7.00. The predicted octanol–water partition coefficient (Wildman–Crippen LogP) is 2.55. The largest absolute Gasteiger partial charge is 0.394 e. The van der Waals surface area contributed by atoms with Gasteiger partial charge in [0.1, 0.15) is 5.82 Å². The first-order chi connectivity index (χ1) is 9.18. The quantitative estimate of drug-likeness (QED) is 0.752. The standard InChI is InChI=1S/C16H26FNO2/c1-10(2)14(18-16(4,5)9-19)15(20)12-6-7-13(17)11(3)8-12/h6-8,10,14-15,18-20H,9H2,1-5H3. The number of aliphatic hydroxyl groups excluding tert-OH is 2. The molecule has 0 aliphatic carbocycles. The van der Waals surface area contributed by atoms with E-state index in [2.05, 4.69) is 5.32 Å². The van der Waals surface area contributed by atoms with Crippen LogP contribution >= 0.6 is 0 Å². The maximum atomic E-state index is 13.3. The molecule has 3 nitrogen and oxygen atoms in total. The fourth-order valence-corrected chi connectivity index (χ4v) is 2.17. The van der Waals surface area contributed by atoms with Gasteiger partial charge in [-0.25, -0.2) is 4.39 Å².